The van der Waals surface area contributed by atoms with E-state index in [1.54, 1.807) is 0 Å². The molecule has 1 aliphatic heterocycles. The second kappa shape index (κ2) is 4.60. The minimum absolute atomic E-state index is 0.0368. The molecule has 0 spiro atoms. The van der Waals surface area contributed by atoms with Gasteiger partial charge in [-0.05, 0) is 25.0 Å². The van der Waals surface area contributed by atoms with Crippen molar-refractivity contribution in [1.82, 2.24) is 15.1 Å². The van der Waals surface area contributed by atoms with E-state index in [9.17, 15) is 9.59 Å². The summed E-state index contributed by atoms with van der Waals surface area (Å²) in [7, 11) is 0. The van der Waals surface area contributed by atoms with Crippen LogP contribution >= 0.6 is 0 Å². The van der Waals surface area contributed by atoms with E-state index >= 15 is 0 Å². The number of piperidine rings is 1. The molecule has 2 aliphatic rings. The van der Waals surface area contributed by atoms with Gasteiger partial charge in [0.25, 0.3) is 11.5 Å². The fourth-order valence-corrected chi connectivity index (χ4v) is 4.03. The number of aromatic amines is 2. The molecule has 0 radical (unpaired) electrons. The highest BCUT2D eigenvalue weighted by Gasteiger charge is 2.46. The van der Waals surface area contributed by atoms with Gasteiger partial charge in [0.1, 0.15) is 0 Å². The summed E-state index contributed by atoms with van der Waals surface area (Å²) >= 11 is 0. The molecule has 1 aromatic heterocycles. The lowest BCUT2D eigenvalue weighted by Crippen LogP contribution is -2.54. The Bertz CT molecular complexity index is 777. The van der Waals surface area contributed by atoms with Gasteiger partial charge in [-0.1, -0.05) is 25.1 Å². The third-order valence-electron chi connectivity index (χ3n) is 5.23. The highest BCUT2D eigenvalue weighted by molar-refractivity contribution is 5.94. The number of nitrogens with zero attached hydrogens (tertiary/aromatic N) is 1. The maximum atomic E-state index is 12.8. The number of H-pyrrole nitrogens is 2. The molecule has 5 heteroatoms. The maximum absolute atomic E-state index is 12.8. The molecule has 5 nitrogen and oxygen atoms in total. The molecule has 2 heterocycles. The van der Waals surface area contributed by atoms with Crippen LogP contribution in [0.2, 0.25) is 0 Å². The molecular weight excluding hydrogens is 278 g/mol. The number of benzene rings is 1. The number of aromatic nitrogens is 2. The summed E-state index contributed by atoms with van der Waals surface area (Å²) in [5.74, 6) is 0.0723. The zero-order valence-corrected chi connectivity index (χ0v) is 12.6. The van der Waals surface area contributed by atoms with Crippen LogP contribution in [0.15, 0.2) is 35.1 Å². The molecule has 1 amide bonds. The largest absolute Gasteiger partial charge is 0.335 e. The van der Waals surface area contributed by atoms with Crippen molar-refractivity contribution in [3.63, 3.8) is 0 Å². The minimum atomic E-state index is -0.0417. The zero-order valence-electron chi connectivity index (χ0n) is 12.6. The predicted octanol–water partition coefficient (Wildman–Crippen LogP) is 1.82. The van der Waals surface area contributed by atoms with Gasteiger partial charge in [-0.25, -0.2) is 0 Å². The van der Waals surface area contributed by atoms with Crippen LogP contribution in [0.3, 0.4) is 0 Å². The number of carbonyl (C=O) groups excluding carboxylic acids is 1. The Hall–Kier alpha value is -2.30. The maximum Gasteiger partial charge on any atom is 0.267 e. The molecule has 1 fully saturated rings. The predicted molar refractivity (Wildman–Crippen MR) is 83.0 cm³/mol. The molecule has 2 bridgehead atoms. The van der Waals surface area contributed by atoms with Crippen molar-refractivity contribution in [1.29, 1.82) is 0 Å². The Morgan fingerprint density at radius 3 is 2.82 bits per heavy atom. The zero-order chi connectivity index (χ0) is 15.3. The van der Waals surface area contributed by atoms with Gasteiger partial charge in [-0.2, -0.15) is 0 Å². The summed E-state index contributed by atoms with van der Waals surface area (Å²) in [5, 5.41) is 5.77. The van der Waals surface area contributed by atoms with E-state index in [1.165, 1.54) is 0 Å². The molecule has 2 unspecified atom stereocenters. The Morgan fingerprint density at radius 1 is 1.27 bits per heavy atom. The highest BCUT2D eigenvalue weighted by Crippen LogP contribution is 2.43. The number of carbonyl (C=O) groups is 1. The van der Waals surface area contributed by atoms with Gasteiger partial charge in [-0.15, -0.1) is 0 Å². The summed E-state index contributed by atoms with van der Waals surface area (Å²) in [5.41, 5.74) is 2.51. The van der Waals surface area contributed by atoms with E-state index < -0.39 is 0 Å². The molecule has 0 saturated carbocycles. The minimum Gasteiger partial charge on any atom is -0.335 e. The average molecular weight is 297 g/mol. The quantitative estimate of drug-likeness (QED) is 0.843. The normalized spacial score (nSPS) is 26.6. The van der Waals surface area contributed by atoms with Gasteiger partial charge in [0.2, 0.25) is 0 Å². The van der Waals surface area contributed by atoms with Crippen LogP contribution in [0.4, 0.5) is 0 Å². The molecule has 22 heavy (non-hydrogen) atoms. The second-order valence-electron chi connectivity index (χ2n) is 6.67. The Labute approximate surface area is 128 Å². The SMILES string of the molecule is CC12CCN(C(=O)c3ccccc3)C(Cc3c1[nH][nH]c3=O)C2. The fraction of sp³-hybridized carbons (Fsp3) is 0.412. The third-order valence-corrected chi connectivity index (χ3v) is 5.23. The van der Waals surface area contributed by atoms with Crippen molar-refractivity contribution in [2.45, 2.75) is 37.6 Å². The first-order valence-corrected chi connectivity index (χ1v) is 7.74. The Morgan fingerprint density at radius 2 is 2.05 bits per heavy atom. The van der Waals surface area contributed by atoms with Crippen LogP contribution in [0.25, 0.3) is 0 Å². The highest BCUT2D eigenvalue weighted by atomic mass is 16.2. The molecule has 1 aromatic carbocycles. The number of fused-ring (bicyclic) bond motifs is 4. The van der Waals surface area contributed by atoms with Crippen LogP contribution in [0.1, 0.15) is 41.4 Å². The summed E-state index contributed by atoms with van der Waals surface area (Å²) in [6.45, 7) is 2.92. The van der Waals surface area contributed by atoms with E-state index in [-0.39, 0.29) is 22.9 Å². The summed E-state index contributed by atoms with van der Waals surface area (Å²) < 4.78 is 0. The van der Waals surface area contributed by atoms with E-state index in [0.29, 0.717) is 6.42 Å². The summed E-state index contributed by atoms with van der Waals surface area (Å²) in [4.78, 5) is 26.7. The average Bonchev–Trinajstić information content (AvgIpc) is 2.90. The summed E-state index contributed by atoms with van der Waals surface area (Å²) in [6, 6.07) is 9.50. The molecule has 2 N–H and O–H groups in total. The van der Waals surface area contributed by atoms with Gasteiger partial charge >= 0.3 is 0 Å². The first-order chi connectivity index (χ1) is 10.6. The lowest BCUT2D eigenvalue weighted by atomic mass is 9.68. The Kier molecular flexibility index (Phi) is 2.79. The lowest BCUT2D eigenvalue weighted by Gasteiger charge is -2.48. The van der Waals surface area contributed by atoms with Crippen LogP contribution in [0, 0.1) is 0 Å². The van der Waals surface area contributed by atoms with Crippen molar-refractivity contribution in [3.05, 3.63) is 57.5 Å². The van der Waals surface area contributed by atoms with Gasteiger partial charge in [-0.3, -0.25) is 14.7 Å². The number of nitrogens with one attached hydrogen (secondary N) is 2. The van der Waals surface area contributed by atoms with E-state index in [4.69, 9.17) is 0 Å². The first-order valence-electron chi connectivity index (χ1n) is 7.74. The molecule has 1 aliphatic carbocycles. The van der Waals surface area contributed by atoms with Crippen molar-refractivity contribution >= 4 is 5.91 Å². The Balaban J connectivity index is 1.69. The number of hydrogen-bond acceptors (Lipinski definition) is 2. The van der Waals surface area contributed by atoms with Crippen LogP contribution in [-0.2, 0) is 11.8 Å². The van der Waals surface area contributed by atoms with Gasteiger partial charge < -0.3 is 10.00 Å². The van der Waals surface area contributed by atoms with Crippen molar-refractivity contribution < 1.29 is 4.79 Å². The van der Waals surface area contributed by atoms with E-state index in [1.807, 2.05) is 35.2 Å². The molecular formula is C17H19N3O2. The standard InChI is InChI=1S/C17H19N3O2/c1-17-7-8-20(16(22)11-5-3-2-4-6-11)12(10-17)9-13-14(17)18-19-15(13)21/h2-6,12H,7-10H2,1H3,(H2,18,19,21). The van der Waals surface area contributed by atoms with Crippen LogP contribution in [-0.4, -0.2) is 33.6 Å². The van der Waals surface area contributed by atoms with Crippen molar-refractivity contribution in [2.75, 3.05) is 6.54 Å². The van der Waals surface area contributed by atoms with Crippen molar-refractivity contribution in [2.24, 2.45) is 0 Å². The second-order valence-corrected chi connectivity index (χ2v) is 6.67. The molecule has 114 valence electrons. The number of rotatable bonds is 1. The molecule has 2 atom stereocenters. The number of amides is 1. The van der Waals surface area contributed by atoms with Gasteiger partial charge in [0.15, 0.2) is 0 Å². The van der Waals surface area contributed by atoms with Gasteiger partial charge in [0, 0.05) is 41.2 Å². The topological polar surface area (TPSA) is 69.0 Å². The van der Waals surface area contributed by atoms with E-state index in [0.717, 1.165) is 36.2 Å². The van der Waals surface area contributed by atoms with Crippen LogP contribution < -0.4 is 5.56 Å². The monoisotopic (exact) mass is 297 g/mol. The van der Waals surface area contributed by atoms with Crippen molar-refractivity contribution in [3.8, 4) is 0 Å². The van der Waals surface area contributed by atoms with Gasteiger partial charge in [0.05, 0.1) is 0 Å². The first kappa shape index (κ1) is 13.4. The molecule has 2 aromatic rings. The number of hydrogen-bond donors (Lipinski definition) is 2. The fourth-order valence-electron chi connectivity index (χ4n) is 4.03. The lowest BCUT2D eigenvalue weighted by molar-refractivity contribution is 0.0484. The van der Waals surface area contributed by atoms with Crippen LogP contribution in [0.5, 0.6) is 0 Å². The summed E-state index contributed by atoms with van der Waals surface area (Å²) in [6.07, 6.45) is 2.43. The van der Waals surface area contributed by atoms with E-state index in [2.05, 4.69) is 17.1 Å². The molecule has 4 rings (SSSR count). The number of likely N-dealkylation sites (tertiary alicyclic amines) is 1. The molecule has 1 saturated heterocycles. The third kappa shape index (κ3) is 1.85. The smallest absolute Gasteiger partial charge is 0.267 e.